The van der Waals surface area contributed by atoms with Crippen LogP contribution >= 0.6 is 11.8 Å². The second-order valence-corrected chi connectivity index (χ2v) is 9.85. The van der Waals surface area contributed by atoms with Crippen LogP contribution in [-0.4, -0.2) is 67.5 Å². The van der Waals surface area contributed by atoms with Gasteiger partial charge in [-0.15, -0.1) is 10.2 Å². The van der Waals surface area contributed by atoms with Crippen LogP contribution in [0, 0.1) is 6.92 Å². The molecule has 2 aromatic carbocycles. The second-order valence-electron chi connectivity index (χ2n) is 8.91. The fraction of sp³-hybridized carbons (Fsp3) is 0.333. The molecule has 1 fully saturated rings. The predicted molar refractivity (Wildman–Crippen MR) is 143 cm³/mol. The van der Waals surface area contributed by atoms with Crippen molar-refractivity contribution in [2.24, 2.45) is 0 Å². The summed E-state index contributed by atoms with van der Waals surface area (Å²) in [5.74, 6) is 1.52. The number of carbonyl (C=O) groups excluding carboxylic acids is 2. The van der Waals surface area contributed by atoms with Crippen molar-refractivity contribution < 1.29 is 14.3 Å². The summed E-state index contributed by atoms with van der Waals surface area (Å²) in [6.45, 7) is 5.76. The van der Waals surface area contributed by atoms with E-state index in [-0.39, 0.29) is 24.0 Å². The number of hydrazine groups is 1. The van der Waals surface area contributed by atoms with Crippen LogP contribution in [0.5, 0.6) is 5.75 Å². The molecule has 0 spiro atoms. The lowest BCUT2D eigenvalue weighted by atomic mass is 10.1. The average molecular weight is 519 g/mol. The summed E-state index contributed by atoms with van der Waals surface area (Å²) >= 11 is 1.34. The zero-order valence-corrected chi connectivity index (χ0v) is 22.0. The van der Waals surface area contributed by atoms with E-state index < -0.39 is 0 Å². The minimum Gasteiger partial charge on any atom is -0.497 e. The van der Waals surface area contributed by atoms with Gasteiger partial charge >= 0.3 is 0 Å². The molecule has 37 heavy (non-hydrogen) atoms. The van der Waals surface area contributed by atoms with Gasteiger partial charge in [0, 0.05) is 41.8 Å². The van der Waals surface area contributed by atoms with Crippen molar-refractivity contribution in [2.75, 3.05) is 26.0 Å². The number of H-pyrrole nitrogens is 1. The lowest BCUT2D eigenvalue weighted by Crippen LogP contribution is -2.46. The molecule has 192 valence electrons. The molecule has 1 aliphatic rings. The van der Waals surface area contributed by atoms with E-state index in [9.17, 15) is 9.59 Å². The number of aromatic nitrogens is 4. The van der Waals surface area contributed by atoms with E-state index in [1.807, 2.05) is 66.9 Å². The first-order valence-corrected chi connectivity index (χ1v) is 13.4. The van der Waals surface area contributed by atoms with Crippen LogP contribution in [0.2, 0.25) is 0 Å². The first-order valence-electron chi connectivity index (χ1n) is 12.4. The number of nitrogens with zero attached hydrogens (tertiary/aromatic N) is 5. The molecular formula is C27H30N6O3S. The summed E-state index contributed by atoms with van der Waals surface area (Å²) in [6.07, 6.45) is 1.02. The lowest BCUT2D eigenvalue weighted by Gasteiger charge is -2.28. The summed E-state index contributed by atoms with van der Waals surface area (Å²) in [5.41, 5.74) is 3.91. The Kier molecular flexibility index (Phi) is 7.18. The first-order chi connectivity index (χ1) is 18.0. The molecule has 0 aliphatic carbocycles. The number of fused-ring (bicyclic) bond motifs is 1. The van der Waals surface area contributed by atoms with E-state index in [1.165, 1.54) is 11.8 Å². The van der Waals surface area contributed by atoms with Gasteiger partial charge in [0.05, 0.1) is 19.3 Å². The van der Waals surface area contributed by atoms with Crippen molar-refractivity contribution in [2.45, 2.75) is 38.4 Å². The highest BCUT2D eigenvalue weighted by molar-refractivity contribution is 7.99. The van der Waals surface area contributed by atoms with Gasteiger partial charge in [-0.1, -0.05) is 30.0 Å². The molecule has 0 bridgehead atoms. The quantitative estimate of drug-likeness (QED) is 0.353. The number of para-hydroxylation sites is 1. The number of amides is 2. The molecule has 0 unspecified atom stereocenters. The summed E-state index contributed by atoms with van der Waals surface area (Å²) in [6, 6.07) is 15.6. The fourth-order valence-electron chi connectivity index (χ4n) is 4.77. The number of carbonyl (C=O) groups is 2. The van der Waals surface area contributed by atoms with Gasteiger partial charge in [-0.2, -0.15) is 0 Å². The van der Waals surface area contributed by atoms with Crippen LogP contribution in [0.4, 0.5) is 0 Å². The highest BCUT2D eigenvalue weighted by Crippen LogP contribution is 2.27. The van der Waals surface area contributed by atoms with E-state index >= 15 is 0 Å². The number of ether oxygens (including phenoxy) is 1. The van der Waals surface area contributed by atoms with Gasteiger partial charge in [0.25, 0.3) is 5.91 Å². The van der Waals surface area contributed by atoms with Crippen LogP contribution in [0.1, 0.15) is 24.6 Å². The number of benzene rings is 2. The van der Waals surface area contributed by atoms with Gasteiger partial charge in [-0.05, 0) is 56.2 Å². The van der Waals surface area contributed by atoms with Gasteiger partial charge in [0.15, 0.2) is 11.0 Å². The molecule has 2 amide bonds. The summed E-state index contributed by atoms with van der Waals surface area (Å²) in [4.78, 5) is 29.8. The van der Waals surface area contributed by atoms with Crippen molar-refractivity contribution in [3.63, 3.8) is 0 Å². The number of aromatic amines is 1. The second kappa shape index (κ2) is 10.7. The molecule has 0 saturated carbocycles. The normalized spacial score (nSPS) is 13.5. The Balaban J connectivity index is 1.26. The Labute approximate surface area is 219 Å². The third kappa shape index (κ3) is 4.93. The Morgan fingerprint density at radius 1 is 1.03 bits per heavy atom. The van der Waals surface area contributed by atoms with E-state index in [0.717, 1.165) is 45.7 Å². The smallest absolute Gasteiger partial charge is 0.251 e. The van der Waals surface area contributed by atoms with Crippen molar-refractivity contribution in [1.82, 2.24) is 29.8 Å². The molecule has 9 nitrogen and oxygen atoms in total. The molecule has 0 atom stereocenters. The topological polar surface area (TPSA) is 96.4 Å². The van der Waals surface area contributed by atoms with Crippen LogP contribution in [-0.2, 0) is 22.6 Å². The monoisotopic (exact) mass is 518 g/mol. The standard InChI is InChI=1S/C27H30N6O3S/c1-4-31-26(19-10-12-20(36-3)13-11-19)29-30-27(31)37-17-25(35)33-15-7-14-32(33)24(34)16-22-18(2)28-23-9-6-5-8-21(22)23/h5-6,8-13,28H,4,7,14-17H2,1-3H3. The Bertz CT molecular complexity index is 1430. The average Bonchev–Trinajstić information content (AvgIpc) is 3.64. The predicted octanol–water partition coefficient (Wildman–Crippen LogP) is 4.07. The molecule has 0 radical (unpaired) electrons. The van der Waals surface area contributed by atoms with E-state index in [1.54, 1.807) is 17.1 Å². The maximum Gasteiger partial charge on any atom is 0.251 e. The summed E-state index contributed by atoms with van der Waals surface area (Å²) in [7, 11) is 1.63. The minimum absolute atomic E-state index is 0.0674. The summed E-state index contributed by atoms with van der Waals surface area (Å²) < 4.78 is 7.23. The number of aryl methyl sites for hydroxylation is 1. The van der Waals surface area contributed by atoms with Gasteiger partial charge in [-0.25, -0.2) is 0 Å². The molecule has 2 aromatic heterocycles. The molecule has 3 heterocycles. The number of methoxy groups -OCH3 is 1. The van der Waals surface area contributed by atoms with Crippen molar-refractivity contribution >= 4 is 34.5 Å². The zero-order chi connectivity index (χ0) is 25.9. The molecule has 5 rings (SSSR count). The minimum atomic E-state index is -0.108. The lowest BCUT2D eigenvalue weighted by molar-refractivity contribution is -0.155. The van der Waals surface area contributed by atoms with Gasteiger partial charge in [0.1, 0.15) is 5.75 Å². The van der Waals surface area contributed by atoms with Crippen molar-refractivity contribution in [3.05, 3.63) is 59.8 Å². The molecule has 10 heteroatoms. The highest BCUT2D eigenvalue weighted by Gasteiger charge is 2.31. The van der Waals surface area contributed by atoms with Gasteiger partial charge in [0.2, 0.25) is 5.91 Å². The highest BCUT2D eigenvalue weighted by atomic mass is 32.2. The Morgan fingerprint density at radius 2 is 1.76 bits per heavy atom. The third-order valence-corrected chi connectivity index (χ3v) is 7.62. The number of hydrogen-bond acceptors (Lipinski definition) is 6. The molecule has 1 N–H and O–H groups in total. The van der Waals surface area contributed by atoms with Crippen LogP contribution in [0.15, 0.2) is 53.7 Å². The fourth-order valence-corrected chi connectivity index (χ4v) is 5.64. The maximum atomic E-state index is 13.3. The zero-order valence-electron chi connectivity index (χ0n) is 21.2. The van der Waals surface area contributed by atoms with Gasteiger partial charge < -0.3 is 14.3 Å². The number of thioether (sulfide) groups is 1. The SMILES string of the molecule is CCn1c(SCC(=O)N2CCCN2C(=O)Cc2c(C)[nH]c3ccccc23)nnc1-c1ccc(OC)cc1. The van der Waals surface area contributed by atoms with Crippen LogP contribution in [0.25, 0.3) is 22.3 Å². The summed E-state index contributed by atoms with van der Waals surface area (Å²) in [5, 5.41) is 13.6. The van der Waals surface area contributed by atoms with Gasteiger partial charge in [-0.3, -0.25) is 19.6 Å². The van der Waals surface area contributed by atoms with Crippen LogP contribution < -0.4 is 4.74 Å². The molecule has 4 aromatic rings. The number of rotatable bonds is 8. The Hall–Kier alpha value is -3.79. The molecular weight excluding hydrogens is 488 g/mol. The maximum absolute atomic E-state index is 13.3. The van der Waals surface area contributed by atoms with Crippen LogP contribution in [0.3, 0.4) is 0 Å². The van der Waals surface area contributed by atoms with E-state index in [4.69, 9.17) is 4.74 Å². The third-order valence-electron chi connectivity index (χ3n) is 6.67. The van der Waals surface area contributed by atoms with Crippen molar-refractivity contribution in [3.8, 4) is 17.1 Å². The first kappa shape index (κ1) is 24.9. The number of hydrogen-bond donors (Lipinski definition) is 1. The number of nitrogens with one attached hydrogen (secondary N) is 1. The van der Waals surface area contributed by atoms with E-state index in [2.05, 4.69) is 15.2 Å². The van der Waals surface area contributed by atoms with Crippen molar-refractivity contribution in [1.29, 1.82) is 0 Å². The van der Waals surface area contributed by atoms with E-state index in [0.29, 0.717) is 24.8 Å². The molecule has 1 aliphatic heterocycles. The molecule has 1 saturated heterocycles. The largest absolute Gasteiger partial charge is 0.497 e. The Morgan fingerprint density at radius 3 is 2.49 bits per heavy atom.